The van der Waals surface area contributed by atoms with Crippen LogP contribution in [0.3, 0.4) is 0 Å². The van der Waals surface area contributed by atoms with Crippen molar-refractivity contribution in [1.29, 1.82) is 0 Å². The summed E-state index contributed by atoms with van der Waals surface area (Å²) in [7, 11) is 0. The molecule has 12 heteroatoms. The average molecular weight is 522 g/mol. The van der Waals surface area contributed by atoms with Crippen molar-refractivity contribution in [2.24, 2.45) is 17.4 Å². The molecule has 0 saturated heterocycles. The van der Waals surface area contributed by atoms with Gasteiger partial charge in [-0.3, -0.25) is 19.2 Å². The van der Waals surface area contributed by atoms with E-state index in [4.69, 9.17) is 16.6 Å². The molecule has 0 aliphatic rings. The fourth-order valence-corrected chi connectivity index (χ4v) is 3.46. The highest BCUT2D eigenvalue weighted by atomic mass is 16.4. The number of carbonyl (C=O) groups is 5. The first-order valence-corrected chi connectivity index (χ1v) is 12.3. The number of carboxylic acid groups (broad SMARTS) is 2. The molecule has 1 aromatic carbocycles. The Bertz CT molecular complexity index is 910. The van der Waals surface area contributed by atoms with Gasteiger partial charge in [-0.15, -0.1) is 0 Å². The summed E-state index contributed by atoms with van der Waals surface area (Å²) in [6.07, 6.45) is 0.644. The summed E-state index contributed by atoms with van der Waals surface area (Å²) in [5.74, 6) is -4.75. The van der Waals surface area contributed by atoms with Crippen molar-refractivity contribution < 1.29 is 34.2 Å². The maximum Gasteiger partial charge on any atom is 0.326 e. The van der Waals surface area contributed by atoms with E-state index in [1.807, 2.05) is 0 Å². The predicted molar refractivity (Wildman–Crippen MR) is 136 cm³/mol. The number of hydrogen-bond acceptors (Lipinski definition) is 7. The van der Waals surface area contributed by atoms with E-state index in [0.29, 0.717) is 24.9 Å². The van der Waals surface area contributed by atoms with Crippen LogP contribution in [0.5, 0.6) is 0 Å². The van der Waals surface area contributed by atoms with E-state index >= 15 is 0 Å². The standard InChI is InChI=1S/C25H39N5O7/c1-15(2)21(27)24(35)28-17(11-12-20(31)32)22(33)30-19(14-16-8-4-3-5-9-16)23(34)29-18(25(36)37)10-6-7-13-26/h3-5,8-9,15,17-19,21H,6-7,10-14,26-27H2,1-2H3,(H,28,35)(H,29,34)(H,30,33)(H,31,32)(H,36,37). The topological polar surface area (TPSA) is 214 Å². The van der Waals surface area contributed by atoms with E-state index in [9.17, 15) is 29.1 Å². The van der Waals surface area contributed by atoms with Gasteiger partial charge < -0.3 is 37.6 Å². The minimum atomic E-state index is -1.26. The second-order valence-corrected chi connectivity index (χ2v) is 9.20. The monoisotopic (exact) mass is 521 g/mol. The maximum absolute atomic E-state index is 13.1. The van der Waals surface area contributed by atoms with E-state index in [-0.39, 0.29) is 25.2 Å². The highest BCUT2D eigenvalue weighted by molar-refractivity contribution is 5.94. The molecule has 0 saturated carbocycles. The highest BCUT2D eigenvalue weighted by Gasteiger charge is 2.31. The summed E-state index contributed by atoms with van der Waals surface area (Å²) in [4.78, 5) is 61.6. The molecule has 1 rings (SSSR count). The van der Waals surface area contributed by atoms with E-state index in [2.05, 4.69) is 16.0 Å². The fraction of sp³-hybridized carbons (Fsp3) is 0.560. The summed E-state index contributed by atoms with van der Waals surface area (Å²) in [5, 5.41) is 26.1. The summed E-state index contributed by atoms with van der Waals surface area (Å²) in [6, 6.07) is 4.22. The lowest BCUT2D eigenvalue weighted by Gasteiger charge is -2.25. The SMILES string of the molecule is CC(C)C(N)C(=O)NC(CCC(=O)O)C(=O)NC(Cc1ccccc1)C(=O)NC(CCCCN)C(=O)O. The van der Waals surface area contributed by atoms with Crippen LogP contribution in [0.15, 0.2) is 30.3 Å². The molecule has 4 atom stereocenters. The van der Waals surface area contributed by atoms with Crippen molar-refractivity contribution in [3.8, 4) is 0 Å². The molecule has 4 unspecified atom stereocenters. The van der Waals surface area contributed by atoms with Gasteiger partial charge >= 0.3 is 11.9 Å². The van der Waals surface area contributed by atoms with Crippen molar-refractivity contribution in [2.45, 2.75) is 76.5 Å². The van der Waals surface area contributed by atoms with Gasteiger partial charge in [0.1, 0.15) is 18.1 Å². The smallest absolute Gasteiger partial charge is 0.326 e. The Balaban J connectivity index is 3.12. The second kappa shape index (κ2) is 16.3. The Hall–Kier alpha value is -3.51. The number of hydrogen-bond donors (Lipinski definition) is 7. The lowest BCUT2D eigenvalue weighted by Crippen LogP contribution is -2.58. The Morgan fingerprint density at radius 3 is 1.92 bits per heavy atom. The van der Waals surface area contributed by atoms with Gasteiger partial charge in [0.2, 0.25) is 17.7 Å². The number of aliphatic carboxylic acids is 2. The third-order valence-corrected chi connectivity index (χ3v) is 5.78. The van der Waals surface area contributed by atoms with Crippen LogP contribution in [0.1, 0.15) is 51.5 Å². The van der Waals surface area contributed by atoms with Crippen molar-refractivity contribution in [3.05, 3.63) is 35.9 Å². The zero-order chi connectivity index (χ0) is 28.0. The van der Waals surface area contributed by atoms with Crippen LogP contribution < -0.4 is 27.4 Å². The Morgan fingerprint density at radius 1 is 0.811 bits per heavy atom. The lowest BCUT2D eigenvalue weighted by atomic mass is 10.0. The molecular weight excluding hydrogens is 482 g/mol. The van der Waals surface area contributed by atoms with Gasteiger partial charge in [-0.25, -0.2) is 4.79 Å². The quantitative estimate of drug-likeness (QED) is 0.134. The average Bonchev–Trinajstić information content (AvgIpc) is 2.85. The first kappa shape index (κ1) is 31.5. The van der Waals surface area contributed by atoms with Crippen molar-refractivity contribution >= 4 is 29.7 Å². The maximum atomic E-state index is 13.1. The van der Waals surface area contributed by atoms with E-state index in [1.165, 1.54) is 0 Å². The van der Waals surface area contributed by atoms with Crippen LogP contribution in [-0.2, 0) is 30.4 Å². The van der Waals surface area contributed by atoms with Gasteiger partial charge in [0.05, 0.1) is 6.04 Å². The first-order chi connectivity index (χ1) is 17.5. The van der Waals surface area contributed by atoms with Gasteiger partial charge in [-0.05, 0) is 43.7 Å². The molecular formula is C25H39N5O7. The van der Waals surface area contributed by atoms with Gasteiger partial charge in [0, 0.05) is 12.8 Å². The molecule has 0 aliphatic heterocycles. The van der Waals surface area contributed by atoms with Gasteiger partial charge in [0.15, 0.2) is 0 Å². The van der Waals surface area contributed by atoms with E-state index in [1.54, 1.807) is 44.2 Å². The second-order valence-electron chi connectivity index (χ2n) is 9.20. The normalized spacial score (nSPS) is 14.2. The number of amides is 3. The summed E-state index contributed by atoms with van der Waals surface area (Å²) >= 11 is 0. The zero-order valence-corrected chi connectivity index (χ0v) is 21.3. The number of unbranched alkanes of at least 4 members (excludes halogenated alkanes) is 1. The van der Waals surface area contributed by atoms with Crippen LogP contribution in [0.4, 0.5) is 0 Å². The van der Waals surface area contributed by atoms with Crippen LogP contribution >= 0.6 is 0 Å². The molecule has 0 spiro atoms. The highest BCUT2D eigenvalue weighted by Crippen LogP contribution is 2.08. The van der Waals surface area contributed by atoms with E-state index in [0.717, 1.165) is 0 Å². The third-order valence-electron chi connectivity index (χ3n) is 5.78. The fourth-order valence-electron chi connectivity index (χ4n) is 3.46. The van der Waals surface area contributed by atoms with Gasteiger partial charge in [-0.1, -0.05) is 44.2 Å². The zero-order valence-electron chi connectivity index (χ0n) is 21.3. The number of carbonyl (C=O) groups excluding carboxylic acids is 3. The molecule has 0 aromatic heterocycles. The number of rotatable bonds is 17. The molecule has 1 aromatic rings. The van der Waals surface area contributed by atoms with Crippen molar-refractivity contribution in [2.75, 3.05) is 6.54 Å². The Kier molecular flexibility index (Phi) is 13.9. The van der Waals surface area contributed by atoms with E-state index < -0.39 is 60.2 Å². The van der Waals surface area contributed by atoms with Crippen molar-refractivity contribution in [1.82, 2.24) is 16.0 Å². The molecule has 0 radical (unpaired) electrons. The Morgan fingerprint density at radius 2 is 1.38 bits per heavy atom. The van der Waals surface area contributed by atoms with Crippen LogP contribution in [0.25, 0.3) is 0 Å². The first-order valence-electron chi connectivity index (χ1n) is 12.3. The van der Waals surface area contributed by atoms with Gasteiger partial charge in [0.25, 0.3) is 0 Å². The third kappa shape index (κ3) is 11.8. The number of carboxylic acids is 2. The number of nitrogens with two attached hydrogens (primary N) is 2. The predicted octanol–water partition coefficient (Wildman–Crippen LogP) is -0.255. The molecule has 37 heavy (non-hydrogen) atoms. The van der Waals surface area contributed by atoms with Crippen LogP contribution in [-0.4, -0.2) is 70.6 Å². The molecule has 3 amide bonds. The summed E-state index contributed by atoms with van der Waals surface area (Å²) < 4.78 is 0. The minimum absolute atomic E-state index is 0.0403. The van der Waals surface area contributed by atoms with Crippen molar-refractivity contribution in [3.63, 3.8) is 0 Å². The lowest BCUT2D eigenvalue weighted by molar-refractivity contribution is -0.142. The van der Waals surface area contributed by atoms with Crippen LogP contribution in [0.2, 0.25) is 0 Å². The number of benzene rings is 1. The largest absolute Gasteiger partial charge is 0.481 e. The molecule has 0 heterocycles. The molecule has 0 bridgehead atoms. The molecule has 9 N–H and O–H groups in total. The minimum Gasteiger partial charge on any atom is -0.481 e. The summed E-state index contributed by atoms with van der Waals surface area (Å²) in [6.45, 7) is 3.84. The van der Waals surface area contributed by atoms with Gasteiger partial charge in [-0.2, -0.15) is 0 Å². The molecule has 0 fully saturated rings. The molecule has 206 valence electrons. The Labute approximate surface area is 216 Å². The molecule has 12 nitrogen and oxygen atoms in total. The molecule has 0 aliphatic carbocycles. The number of nitrogens with one attached hydrogen (secondary N) is 3. The van der Waals surface area contributed by atoms with Crippen LogP contribution in [0, 0.1) is 5.92 Å². The summed E-state index contributed by atoms with van der Waals surface area (Å²) in [5.41, 5.74) is 12.0.